The summed E-state index contributed by atoms with van der Waals surface area (Å²) in [5.74, 6) is 1.43. The molecular weight excluding hydrogens is 196 g/mol. The van der Waals surface area contributed by atoms with Gasteiger partial charge in [0.1, 0.15) is 0 Å². The van der Waals surface area contributed by atoms with Crippen molar-refractivity contribution in [1.29, 1.82) is 0 Å². The summed E-state index contributed by atoms with van der Waals surface area (Å²) in [6.07, 6.45) is 8.44. The number of rotatable bonds is 6. The van der Waals surface area contributed by atoms with Gasteiger partial charge in [-0.15, -0.1) is 18.2 Å². The fourth-order valence-electron chi connectivity index (χ4n) is 1.91. The average Bonchev–Trinajstić information content (AvgIpc) is 2.52. The standard InChI is InChI=1S/C12H17ClO/c1-2-3-5-10-8-12(14)9-11(10)6-4-7-13/h2,8,11H,1,3-7,9H2. The Kier molecular flexibility index (Phi) is 4.95. The molecule has 1 rings (SSSR count). The highest BCUT2D eigenvalue weighted by Gasteiger charge is 2.23. The van der Waals surface area contributed by atoms with Crippen molar-refractivity contribution in [1.82, 2.24) is 0 Å². The molecule has 0 aromatic rings. The lowest BCUT2D eigenvalue weighted by molar-refractivity contribution is -0.114. The minimum Gasteiger partial charge on any atom is -0.295 e. The molecule has 14 heavy (non-hydrogen) atoms. The summed E-state index contributed by atoms with van der Waals surface area (Å²) >= 11 is 5.65. The SMILES string of the molecule is C=CCCC1=CC(=O)CC1CCCCl. The Morgan fingerprint density at radius 3 is 3.07 bits per heavy atom. The van der Waals surface area contributed by atoms with Crippen molar-refractivity contribution < 1.29 is 4.79 Å². The van der Waals surface area contributed by atoms with E-state index in [4.69, 9.17) is 11.6 Å². The van der Waals surface area contributed by atoms with E-state index in [1.54, 1.807) is 0 Å². The third kappa shape index (κ3) is 3.30. The number of carbonyl (C=O) groups is 1. The van der Waals surface area contributed by atoms with Crippen LogP contribution >= 0.6 is 11.6 Å². The second-order valence-corrected chi connectivity index (χ2v) is 4.12. The summed E-state index contributed by atoms with van der Waals surface area (Å²) in [6, 6.07) is 0. The zero-order valence-corrected chi connectivity index (χ0v) is 9.22. The van der Waals surface area contributed by atoms with Crippen molar-refractivity contribution in [2.45, 2.75) is 32.1 Å². The largest absolute Gasteiger partial charge is 0.295 e. The molecule has 2 heteroatoms. The molecule has 0 N–H and O–H groups in total. The van der Waals surface area contributed by atoms with Crippen LogP contribution in [-0.4, -0.2) is 11.7 Å². The first-order valence-corrected chi connectivity index (χ1v) is 5.71. The zero-order valence-electron chi connectivity index (χ0n) is 8.47. The highest BCUT2D eigenvalue weighted by atomic mass is 35.5. The van der Waals surface area contributed by atoms with Crippen LogP contribution in [0.2, 0.25) is 0 Å². The summed E-state index contributed by atoms with van der Waals surface area (Å²) in [4.78, 5) is 11.3. The average molecular weight is 213 g/mol. The fourth-order valence-corrected chi connectivity index (χ4v) is 2.07. The molecule has 0 aromatic heterocycles. The molecule has 0 heterocycles. The summed E-state index contributed by atoms with van der Waals surface area (Å²) in [5, 5.41) is 0. The molecule has 1 aliphatic rings. The first-order valence-electron chi connectivity index (χ1n) is 5.18. The van der Waals surface area contributed by atoms with Crippen molar-refractivity contribution in [2.24, 2.45) is 5.92 Å². The third-order valence-electron chi connectivity index (χ3n) is 2.64. The van der Waals surface area contributed by atoms with E-state index < -0.39 is 0 Å². The maximum atomic E-state index is 11.3. The normalized spacial score (nSPS) is 21.1. The van der Waals surface area contributed by atoms with Crippen LogP contribution in [0.4, 0.5) is 0 Å². The van der Waals surface area contributed by atoms with Gasteiger partial charge >= 0.3 is 0 Å². The van der Waals surface area contributed by atoms with E-state index in [-0.39, 0.29) is 5.78 Å². The minimum absolute atomic E-state index is 0.281. The van der Waals surface area contributed by atoms with Gasteiger partial charge in [-0.25, -0.2) is 0 Å². The molecule has 0 aliphatic heterocycles. The smallest absolute Gasteiger partial charge is 0.156 e. The van der Waals surface area contributed by atoms with E-state index in [1.807, 2.05) is 12.2 Å². The van der Waals surface area contributed by atoms with Gasteiger partial charge in [-0.1, -0.05) is 11.6 Å². The number of allylic oxidation sites excluding steroid dienone is 3. The van der Waals surface area contributed by atoms with E-state index in [2.05, 4.69) is 6.58 Å². The number of hydrogen-bond donors (Lipinski definition) is 0. The molecule has 0 saturated heterocycles. The Bertz CT molecular complexity index is 243. The Labute approximate surface area is 90.8 Å². The second kappa shape index (κ2) is 6.02. The van der Waals surface area contributed by atoms with E-state index in [0.717, 1.165) is 25.7 Å². The van der Waals surface area contributed by atoms with E-state index in [9.17, 15) is 4.79 Å². The molecule has 1 atom stereocenters. The van der Waals surface area contributed by atoms with Gasteiger partial charge < -0.3 is 0 Å². The van der Waals surface area contributed by atoms with Crippen LogP contribution in [0.3, 0.4) is 0 Å². The van der Waals surface area contributed by atoms with Crippen molar-refractivity contribution in [3.8, 4) is 0 Å². The molecule has 1 nitrogen and oxygen atoms in total. The van der Waals surface area contributed by atoms with Gasteiger partial charge in [0.25, 0.3) is 0 Å². The highest BCUT2D eigenvalue weighted by Crippen LogP contribution is 2.30. The van der Waals surface area contributed by atoms with Gasteiger partial charge in [0.05, 0.1) is 0 Å². The van der Waals surface area contributed by atoms with E-state index in [0.29, 0.717) is 18.2 Å². The molecule has 0 fully saturated rings. The van der Waals surface area contributed by atoms with Gasteiger partial charge in [-0.05, 0) is 37.7 Å². The van der Waals surface area contributed by atoms with Crippen molar-refractivity contribution >= 4 is 17.4 Å². The zero-order chi connectivity index (χ0) is 10.4. The molecule has 1 unspecified atom stereocenters. The van der Waals surface area contributed by atoms with Crippen LogP contribution < -0.4 is 0 Å². The molecule has 0 radical (unpaired) electrons. The van der Waals surface area contributed by atoms with Gasteiger partial charge in [0.15, 0.2) is 5.78 Å². The van der Waals surface area contributed by atoms with Crippen molar-refractivity contribution in [2.75, 3.05) is 5.88 Å². The molecule has 78 valence electrons. The Morgan fingerprint density at radius 2 is 2.43 bits per heavy atom. The predicted molar refractivity (Wildman–Crippen MR) is 60.6 cm³/mol. The number of hydrogen-bond acceptors (Lipinski definition) is 1. The third-order valence-corrected chi connectivity index (χ3v) is 2.91. The van der Waals surface area contributed by atoms with Gasteiger partial charge in [0, 0.05) is 12.3 Å². The quantitative estimate of drug-likeness (QED) is 0.487. The second-order valence-electron chi connectivity index (χ2n) is 3.75. The monoisotopic (exact) mass is 212 g/mol. The lowest BCUT2D eigenvalue weighted by Crippen LogP contribution is -2.01. The molecule has 0 aromatic carbocycles. The van der Waals surface area contributed by atoms with E-state index >= 15 is 0 Å². The maximum Gasteiger partial charge on any atom is 0.156 e. The predicted octanol–water partition coefficient (Wildman–Crippen LogP) is 3.49. The lowest BCUT2D eigenvalue weighted by atomic mass is 9.93. The minimum atomic E-state index is 0.281. The first-order chi connectivity index (χ1) is 6.77. The molecule has 1 aliphatic carbocycles. The maximum absolute atomic E-state index is 11.3. The van der Waals surface area contributed by atoms with Crippen LogP contribution in [0.5, 0.6) is 0 Å². The number of halogens is 1. The van der Waals surface area contributed by atoms with Gasteiger partial charge in [-0.3, -0.25) is 4.79 Å². The van der Waals surface area contributed by atoms with Crippen LogP contribution in [0, 0.1) is 5.92 Å². The van der Waals surface area contributed by atoms with Crippen LogP contribution in [0.1, 0.15) is 32.1 Å². The number of carbonyl (C=O) groups excluding carboxylic acids is 1. The van der Waals surface area contributed by atoms with Crippen molar-refractivity contribution in [3.63, 3.8) is 0 Å². The Hall–Kier alpha value is -0.560. The summed E-state index contributed by atoms with van der Waals surface area (Å²) in [7, 11) is 0. The van der Waals surface area contributed by atoms with Gasteiger partial charge in [-0.2, -0.15) is 0 Å². The number of alkyl halides is 1. The Morgan fingerprint density at radius 1 is 1.64 bits per heavy atom. The van der Waals surface area contributed by atoms with E-state index in [1.165, 1.54) is 5.57 Å². The Balaban J connectivity index is 2.45. The molecule has 0 saturated carbocycles. The lowest BCUT2D eigenvalue weighted by Gasteiger charge is -2.12. The summed E-state index contributed by atoms with van der Waals surface area (Å²) in [5.41, 5.74) is 1.31. The summed E-state index contributed by atoms with van der Waals surface area (Å²) in [6.45, 7) is 3.69. The molecule has 0 spiro atoms. The topological polar surface area (TPSA) is 17.1 Å². The molecular formula is C12H17ClO. The first kappa shape index (κ1) is 11.5. The van der Waals surface area contributed by atoms with Crippen LogP contribution in [0.15, 0.2) is 24.3 Å². The van der Waals surface area contributed by atoms with Crippen LogP contribution in [-0.2, 0) is 4.79 Å². The molecule has 0 bridgehead atoms. The molecule has 0 amide bonds. The van der Waals surface area contributed by atoms with Crippen LogP contribution in [0.25, 0.3) is 0 Å². The summed E-state index contributed by atoms with van der Waals surface area (Å²) < 4.78 is 0. The fraction of sp³-hybridized carbons (Fsp3) is 0.583. The number of ketones is 1. The van der Waals surface area contributed by atoms with Gasteiger partial charge in [0.2, 0.25) is 0 Å². The highest BCUT2D eigenvalue weighted by molar-refractivity contribution is 6.17. The van der Waals surface area contributed by atoms with Crippen molar-refractivity contribution in [3.05, 3.63) is 24.3 Å².